The van der Waals surface area contributed by atoms with Gasteiger partial charge in [-0.25, -0.2) is 0 Å². The Kier molecular flexibility index (Phi) is 6.77. The van der Waals surface area contributed by atoms with Crippen molar-refractivity contribution in [3.05, 3.63) is 94.8 Å². The third-order valence-corrected chi connectivity index (χ3v) is 5.95. The molecule has 2 heterocycles. The van der Waals surface area contributed by atoms with E-state index in [1.165, 1.54) is 5.56 Å². The molecule has 0 radical (unpaired) electrons. The van der Waals surface area contributed by atoms with Crippen LogP contribution in [0.1, 0.15) is 35.7 Å². The van der Waals surface area contributed by atoms with Crippen molar-refractivity contribution >= 4 is 17.8 Å². The highest BCUT2D eigenvalue weighted by molar-refractivity contribution is 6.31. The molecule has 0 spiro atoms. The van der Waals surface area contributed by atoms with E-state index < -0.39 is 0 Å². The van der Waals surface area contributed by atoms with Crippen LogP contribution in [0.2, 0.25) is 5.02 Å². The largest absolute Gasteiger partial charge is 0.497 e. The Morgan fingerprint density at radius 1 is 1.03 bits per heavy atom. The molecule has 4 rings (SSSR count). The fourth-order valence-corrected chi connectivity index (χ4v) is 4.24. The molecule has 4 nitrogen and oxygen atoms in total. The number of nitrogens with zero attached hydrogens (tertiary/aromatic N) is 3. The molecule has 3 aromatic rings. The molecule has 0 aliphatic carbocycles. The third-order valence-electron chi connectivity index (χ3n) is 5.60. The van der Waals surface area contributed by atoms with Gasteiger partial charge in [-0.2, -0.15) is 0 Å². The Labute approximate surface area is 183 Å². The maximum atomic E-state index is 6.61. The number of methoxy groups -OCH3 is 1. The molecule has 1 aliphatic rings. The highest BCUT2D eigenvalue weighted by Gasteiger charge is 2.28. The van der Waals surface area contributed by atoms with Crippen LogP contribution in [-0.4, -0.2) is 42.3 Å². The van der Waals surface area contributed by atoms with Crippen molar-refractivity contribution in [3.8, 4) is 5.75 Å². The van der Waals surface area contributed by atoms with E-state index in [4.69, 9.17) is 21.3 Å². The zero-order valence-corrected chi connectivity index (χ0v) is 17.9. The Balaban J connectivity index is 1.52. The second-order valence-electron chi connectivity index (χ2n) is 7.50. The van der Waals surface area contributed by atoms with Gasteiger partial charge in [0.25, 0.3) is 0 Å². The monoisotopic (exact) mass is 419 g/mol. The molecule has 0 saturated carbocycles. The van der Waals surface area contributed by atoms with Crippen molar-refractivity contribution in [1.29, 1.82) is 0 Å². The van der Waals surface area contributed by atoms with Crippen LogP contribution >= 0.6 is 11.6 Å². The second-order valence-corrected chi connectivity index (χ2v) is 7.90. The van der Waals surface area contributed by atoms with E-state index in [9.17, 15) is 0 Å². The number of aromatic nitrogens is 1. The Hall–Kier alpha value is -2.69. The van der Waals surface area contributed by atoms with Crippen molar-refractivity contribution in [2.75, 3.05) is 20.2 Å². The first-order valence-electron chi connectivity index (χ1n) is 10.3. The standard InChI is InChI=1S/C25H26ClN3O/c1-30-22-11-9-19(10-12-22)25(23-7-2-3-8-24(23)26)29-16-13-20(14-17-29)28-18-21-6-4-5-15-27-21/h2-12,15,18,20,25H,13-14,16-17H2,1H3/b28-18+. The van der Waals surface area contributed by atoms with Gasteiger partial charge in [-0.15, -0.1) is 0 Å². The van der Waals surface area contributed by atoms with E-state index in [0.29, 0.717) is 6.04 Å². The lowest BCUT2D eigenvalue weighted by atomic mass is 9.94. The number of rotatable bonds is 6. The molecule has 1 saturated heterocycles. The number of halogens is 1. The summed E-state index contributed by atoms with van der Waals surface area (Å²) >= 11 is 6.61. The number of pyridine rings is 1. The summed E-state index contributed by atoms with van der Waals surface area (Å²) < 4.78 is 5.34. The summed E-state index contributed by atoms with van der Waals surface area (Å²) in [5.41, 5.74) is 3.27. The van der Waals surface area contributed by atoms with Gasteiger partial charge in [0, 0.05) is 30.5 Å². The quantitative estimate of drug-likeness (QED) is 0.501. The minimum atomic E-state index is 0.116. The molecule has 2 aromatic carbocycles. The lowest BCUT2D eigenvalue weighted by molar-refractivity contribution is 0.175. The normalized spacial score (nSPS) is 16.6. The summed E-state index contributed by atoms with van der Waals surface area (Å²) in [5.74, 6) is 0.860. The van der Waals surface area contributed by atoms with Crippen molar-refractivity contribution in [2.45, 2.75) is 24.9 Å². The summed E-state index contributed by atoms with van der Waals surface area (Å²) in [7, 11) is 1.69. The lowest BCUT2D eigenvalue weighted by Gasteiger charge is -2.37. The van der Waals surface area contributed by atoms with Crippen molar-refractivity contribution in [1.82, 2.24) is 9.88 Å². The first-order valence-corrected chi connectivity index (χ1v) is 10.7. The smallest absolute Gasteiger partial charge is 0.118 e. The van der Waals surface area contributed by atoms with E-state index >= 15 is 0 Å². The summed E-state index contributed by atoms with van der Waals surface area (Å²) in [4.78, 5) is 11.6. The van der Waals surface area contributed by atoms with Gasteiger partial charge in [-0.3, -0.25) is 14.9 Å². The van der Waals surface area contributed by atoms with E-state index in [1.807, 2.05) is 48.7 Å². The van der Waals surface area contributed by atoms with Crippen LogP contribution in [0.3, 0.4) is 0 Å². The number of hydrogen-bond acceptors (Lipinski definition) is 4. The lowest BCUT2D eigenvalue weighted by Crippen LogP contribution is -2.38. The highest BCUT2D eigenvalue weighted by atomic mass is 35.5. The van der Waals surface area contributed by atoms with Crippen LogP contribution in [0, 0.1) is 0 Å². The topological polar surface area (TPSA) is 37.7 Å². The van der Waals surface area contributed by atoms with Gasteiger partial charge in [-0.05, 0) is 54.3 Å². The summed E-state index contributed by atoms with van der Waals surface area (Å²) in [6.45, 7) is 1.93. The molecular formula is C25H26ClN3O. The van der Waals surface area contributed by atoms with E-state index in [1.54, 1.807) is 13.3 Å². The van der Waals surface area contributed by atoms with Crippen LogP contribution in [0.15, 0.2) is 77.9 Å². The Morgan fingerprint density at radius 3 is 2.43 bits per heavy atom. The molecule has 0 amide bonds. The first kappa shape index (κ1) is 20.6. The van der Waals surface area contributed by atoms with E-state index in [-0.39, 0.29) is 6.04 Å². The molecule has 1 aromatic heterocycles. The summed E-state index contributed by atoms with van der Waals surface area (Å²) in [6, 6.07) is 22.8. The fourth-order valence-electron chi connectivity index (χ4n) is 4.00. The SMILES string of the molecule is COc1ccc(C(c2ccccc2Cl)N2CCC(/N=C/c3ccccn3)CC2)cc1. The van der Waals surface area contributed by atoms with Gasteiger partial charge in [0.05, 0.1) is 24.9 Å². The Morgan fingerprint density at radius 2 is 1.77 bits per heavy atom. The molecule has 1 unspecified atom stereocenters. The maximum Gasteiger partial charge on any atom is 0.118 e. The predicted octanol–water partition coefficient (Wildman–Crippen LogP) is 5.42. The number of benzene rings is 2. The summed E-state index contributed by atoms with van der Waals surface area (Å²) in [5, 5.41) is 0.800. The molecule has 154 valence electrons. The molecule has 0 N–H and O–H groups in total. The average molecular weight is 420 g/mol. The summed E-state index contributed by atoms with van der Waals surface area (Å²) in [6.07, 6.45) is 5.73. The van der Waals surface area contributed by atoms with Crippen molar-refractivity contribution < 1.29 is 4.74 Å². The van der Waals surface area contributed by atoms with Gasteiger partial charge in [-0.1, -0.05) is 48.0 Å². The molecule has 1 fully saturated rings. The van der Waals surface area contributed by atoms with E-state index in [0.717, 1.165) is 48.0 Å². The van der Waals surface area contributed by atoms with Gasteiger partial charge in [0.15, 0.2) is 0 Å². The number of hydrogen-bond donors (Lipinski definition) is 0. The molecular weight excluding hydrogens is 394 g/mol. The maximum absolute atomic E-state index is 6.61. The number of likely N-dealkylation sites (tertiary alicyclic amines) is 1. The van der Waals surface area contributed by atoms with Crippen LogP contribution in [0.5, 0.6) is 5.75 Å². The minimum Gasteiger partial charge on any atom is -0.497 e. The van der Waals surface area contributed by atoms with Crippen LogP contribution < -0.4 is 4.74 Å². The van der Waals surface area contributed by atoms with E-state index in [2.05, 4.69) is 34.1 Å². The number of aliphatic imine (C=N–C) groups is 1. The first-order chi connectivity index (χ1) is 14.7. The average Bonchev–Trinajstić information content (AvgIpc) is 2.81. The van der Waals surface area contributed by atoms with Gasteiger partial charge in [0.1, 0.15) is 5.75 Å². The molecule has 30 heavy (non-hydrogen) atoms. The van der Waals surface area contributed by atoms with Crippen molar-refractivity contribution in [3.63, 3.8) is 0 Å². The minimum absolute atomic E-state index is 0.116. The second kappa shape index (κ2) is 9.88. The zero-order chi connectivity index (χ0) is 20.8. The van der Waals surface area contributed by atoms with Gasteiger partial charge < -0.3 is 4.74 Å². The molecule has 1 aliphatic heterocycles. The third kappa shape index (κ3) is 4.89. The van der Waals surface area contributed by atoms with Gasteiger partial charge >= 0.3 is 0 Å². The fraction of sp³-hybridized carbons (Fsp3) is 0.280. The number of ether oxygens (including phenoxy) is 1. The van der Waals surface area contributed by atoms with Gasteiger partial charge in [0.2, 0.25) is 0 Å². The highest BCUT2D eigenvalue weighted by Crippen LogP contribution is 2.36. The van der Waals surface area contributed by atoms with Crippen molar-refractivity contribution in [2.24, 2.45) is 4.99 Å². The molecule has 0 bridgehead atoms. The molecule has 5 heteroatoms. The molecule has 1 atom stereocenters. The predicted molar refractivity (Wildman–Crippen MR) is 123 cm³/mol. The van der Waals surface area contributed by atoms with Crippen LogP contribution in [0.4, 0.5) is 0 Å². The Bertz CT molecular complexity index is 967. The number of piperidine rings is 1. The van der Waals surface area contributed by atoms with Crippen LogP contribution in [-0.2, 0) is 0 Å². The zero-order valence-electron chi connectivity index (χ0n) is 17.1. The van der Waals surface area contributed by atoms with Crippen LogP contribution in [0.25, 0.3) is 0 Å².